The van der Waals surface area contributed by atoms with E-state index in [1.807, 2.05) is 13.0 Å². The molecule has 0 spiro atoms. The first kappa shape index (κ1) is 15.2. The number of unbranched alkanes of at least 4 members (excludes halogenated alkanes) is 1. The molecule has 0 aromatic carbocycles. The largest absolute Gasteiger partial charge is 0.466 e. The van der Waals surface area contributed by atoms with Crippen molar-refractivity contribution in [1.82, 2.24) is 0 Å². The molecule has 0 heterocycles. The van der Waals surface area contributed by atoms with Gasteiger partial charge in [0.15, 0.2) is 0 Å². The zero-order chi connectivity index (χ0) is 12.6. The molecule has 94 valence electrons. The molecule has 2 heteroatoms. The second-order valence-electron chi connectivity index (χ2n) is 4.97. The standard InChI is InChI=1S/C14H26O2/c1-6-8-9-10-14(5,12(3)4)11-13(15)16-7-2/h6,12H,1,7-11H2,2-5H3. The third kappa shape index (κ3) is 5.34. The first-order valence-corrected chi connectivity index (χ1v) is 6.22. The maximum Gasteiger partial charge on any atom is 0.306 e. The van der Waals surface area contributed by atoms with Crippen molar-refractivity contribution in [3.63, 3.8) is 0 Å². The Morgan fingerprint density at radius 3 is 2.56 bits per heavy atom. The predicted molar refractivity (Wildman–Crippen MR) is 68.2 cm³/mol. The summed E-state index contributed by atoms with van der Waals surface area (Å²) >= 11 is 0. The third-order valence-corrected chi connectivity index (χ3v) is 3.40. The lowest BCUT2D eigenvalue weighted by Crippen LogP contribution is -2.28. The van der Waals surface area contributed by atoms with Crippen LogP contribution in [-0.4, -0.2) is 12.6 Å². The van der Waals surface area contributed by atoms with Crippen molar-refractivity contribution in [2.45, 2.75) is 53.4 Å². The van der Waals surface area contributed by atoms with Gasteiger partial charge in [-0.15, -0.1) is 6.58 Å². The summed E-state index contributed by atoms with van der Waals surface area (Å²) in [7, 11) is 0. The SMILES string of the molecule is C=CCCCC(C)(CC(=O)OCC)C(C)C. The lowest BCUT2D eigenvalue weighted by atomic mass is 9.73. The van der Waals surface area contributed by atoms with Gasteiger partial charge in [0.05, 0.1) is 13.0 Å². The zero-order valence-electron chi connectivity index (χ0n) is 11.2. The Bertz CT molecular complexity index is 221. The van der Waals surface area contributed by atoms with Gasteiger partial charge in [-0.25, -0.2) is 0 Å². The smallest absolute Gasteiger partial charge is 0.306 e. The molecule has 0 saturated heterocycles. The van der Waals surface area contributed by atoms with Crippen molar-refractivity contribution in [3.05, 3.63) is 12.7 Å². The molecule has 0 saturated carbocycles. The number of ether oxygens (including phenoxy) is 1. The van der Waals surface area contributed by atoms with Gasteiger partial charge in [-0.2, -0.15) is 0 Å². The van der Waals surface area contributed by atoms with Crippen LogP contribution >= 0.6 is 0 Å². The molecule has 0 rings (SSSR count). The van der Waals surface area contributed by atoms with Crippen LogP contribution in [0.4, 0.5) is 0 Å². The molecule has 0 aromatic heterocycles. The van der Waals surface area contributed by atoms with E-state index in [1.54, 1.807) is 0 Å². The monoisotopic (exact) mass is 226 g/mol. The van der Waals surface area contributed by atoms with Gasteiger partial charge in [-0.3, -0.25) is 4.79 Å². The van der Waals surface area contributed by atoms with Crippen LogP contribution in [0.2, 0.25) is 0 Å². The summed E-state index contributed by atoms with van der Waals surface area (Å²) in [5.41, 5.74) is 0.0509. The highest BCUT2D eigenvalue weighted by atomic mass is 16.5. The van der Waals surface area contributed by atoms with Gasteiger partial charge in [0, 0.05) is 0 Å². The fourth-order valence-corrected chi connectivity index (χ4v) is 1.77. The van der Waals surface area contributed by atoms with Gasteiger partial charge in [0.1, 0.15) is 0 Å². The van der Waals surface area contributed by atoms with Crippen LogP contribution in [0.25, 0.3) is 0 Å². The van der Waals surface area contributed by atoms with Crippen LogP contribution in [0, 0.1) is 11.3 Å². The molecular formula is C14H26O2. The summed E-state index contributed by atoms with van der Waals surface area (Å²) in [6, 6.07) is 0. The molecule has 0 bridgehead atoms. The summed E-state index contributed by atoms with van der Waals surface area (Å²) < 4.78 is 5.03. The molecule has 1 unspecified atom stereocenters. The molecule has 0 aliphatic carbocycles. The molecule has 2 nitrogen and oxygen atoms in total. The fraction of sp³-hybridized carbons (Fsp3) is 0.786. The van der Waals surface area contributed by atoms with Crippen molar-refractivity contribution in [2.24, 2.45) is 11.3 Å². The van der Waals surface area contributed by atoms with E-state index in [2.05, 4.69) is 27.4 Å². The van der Waals surface area contributed by atoms with Gasteiger partial charge in [0.25, 0.3) is 0 Å². The van der Waals surface area contributed by atoms with Crippen LogP contribution in [0.5, 0.6) is 0 Å². The summed E-state index contributed by atoms with van der Waals surface area (Å²) in [5.74, 6) is 0.416. The number of esters is 1. The van der Waals surface area contributed by atoms with E-state index in [9.17, 15) is 4.79 Å². The minimum absolute atomic E-state index is 0.0509. The second-order valence-corrected chi connectivity index (χ2v) is 4.97. The van der Waals surface area contributed by atoms with Crippen molar-refractivity contribution < 1.29 is 9.53 Å². The van der Waals surface area contributed by atoms with Gasteiger partial charge in [-0.05, 0) is 37.5 Å². The minimum atomic E-state index is -0.0719. The van der Waals surface area contributed by atoms with E-state index in [0.717, 1.165) is 19.3 Å². The first-order chi connectivity index (χ1) is 7.46. The van der Waals surface area contributed by atoms with Crippen LogP contribution in [0.15, 0.2) is 12.7 Å². The predicted octanol–water partition coefficient (Wildman–Crippen LogP) is 3.96. The Hall–Kier alpha value is -0.790. The van der Waals surface area contributed by atoms with Crippen molar-refractivity contribution in [3.8, 4) is 0 Å². The quantitative estimate of drug-likeness (QED) is 0.356. The third-order valence-electron chi connectivity index (χ3n) is 3.40. The number of carbonyl (C=O) groups is 1. The maximum absolute atomic E-state index is 11.6. The van der Waals surface area contributed by atoms with E-state index < -0.39 is 0 Å². The summed E-state index contributed by atoms with van der Waals surface area (Å²) in [4.78, 5) is 11.6. The van der Waals surface area contributed by atoms with E-state index in [4.69, 9.17) is 4.74 Å². The Morgan fingerprint density at radius 1 is 1.50 bits per heavy atom. The summed E-state index contributed by atoms with van der Waals surface area (Å²) in [6.07, 6.45) is 5.62. The van der Waals surface area contributed by atoms with E-state index in [-0.39, 0.29) is 11.4 Å². The average molecular weight is 226 g/mol. The van der Waals surface area contributed by atoms with Crippen molar-refractivity contribution >= 4 is 5.97 Å². The highest BCUT2D eigenvalue weighted by molar-refractivity contribution is 5.70. The number of rotatable bonds is 8. The van der Waals surface area contributed by atoms with Gasteiger partial charge in [0.2, 0.25) is 0 Å². The molecular weight excluding hydrogens is 200 g/mol. The first-order valence-electron chi connectivity index (χ1n) is 6.22. The molecule has 0 aromatic rings. The number of hydrogen-bond donors (Lipinski definition) is 0. The fourth-order valence-electron chi connectivity index (χ4n) is 1.77. The highest BCUT2D eigenvalue weighted by Gasteiger charge is 2.30. The number of carbonyl (C=O) groups excluding carboxylic acids is 1. The molecule has 0 radical (unpaired) electrons. The topological polar surface area (TPSA) is 26.3 Å². The minimum Gasteiger partial charge on any atom is -0.466 e. The summed E-state index contributed by atoms with van der Waals surface area (Å²) in [5, 5.41) is 0. The van der Waals surface area contributed by atoms with Gasteiger partial charge in [-0.1, -0.05) is 26.8 Å². The molecule has 0 aliphatic heterocycles. The van der Waals surface area contributed by atoms with Crippen molar-refractivity contribution in [1.29, 1.82) is 0 Å². The van der Waals surface area contributed by atoms with E-state index >= 15 is 0 Å². The lowest BCUT2D eigenvalue weighted by Gasteiger charge is -2.33. The van der Waals surface area contributed by atoms with Crippen LogP contribution < -0.4 is 0 Å². The normalized spacial score (nSPS) is 14.6. The second kappa shape index (κ2) is 7.48. The maximum atomic E-state index is 11.6. The summed E-state index contributed by atoms with van der Waals surface area (Å²) in [6.45, 7) is 12.6. The number of hydrogen-bond acceptors (Lipinski definition) is 2. The Kier molecular flexibility index (Phi) is 7.11. The van der Waals surface area contributed by atoms with Crippen LogP contribution in [0.1, 0.15) is 53.4 Å². The average Bonchev–Trinajstić information content (AvgIpc) is 2.18. The Morgan fingerprint density at radius 2 is 2.12 bits per heavy atom. The molecule has 0 fully saturated rings. The highest BCUT2D eigenvalue weighted by Crippen LogP contribution is 2.36. The van der Waals surface area contributed by atoms with Crippen LogP contribution in [-0.2, 0) is 9.53 Å². The molecule has 0 amide bonds. The van der Waals surface area contributed by atoms with E-state index in [1.165, 1.54) is 0 Å². The molecule has 16 heavy (non-hydrogen) atoms. The number of allylic oxidation sites excluding steroid dienone is 1. The van der Waals surface area contributed by atoms with Crippen molar-refractivity contribution in [2.75, 3.05) is 6.61 Å². The molecule has 1 atom stereocenters. The van der Waals surface area contributed by atoms with E-state index in [0.29, 0.717) is 18.9 Å². The zero-order valence-corrected chi connectivity index (χ0v) is 11.2. The van der Waals surface area contributed by atoms with Gasteiger partial charge >= 0.3 is 5.97 Å². The Labute approximate surface area is 100 Å². The van der Waals surface area contributed by atoms with Gasteiger partial charge < -0.3 is 4.74 Å². The molecule has 0 aliphatic rings. The van der Waals surface area contributed by atoms with Crippen LogP contribution in [0.3, 0.4) is 0 Å². The Balaban J connectivity index is 4.32. The lowest BCUT2D eigenvalue weighted by molar-refractivity contribution is -0.146. The molecule has 0 N–H and O–H groups in total.